The van der Waals surface area contributed by atoms with Gasteiger partial charge in [0.15, 0.2) is 0 Å². The van der Waals surface area contributed by atoms with E-state index in [0.717, 1.165) is 17.6 Å². The van der Waals surface area contributed by atoms with Crippen LogP contribution in [-0.2, 0) is 0 Å². The van der Waals surface area contributed by atoms with Gasteiger partial charge >= 0.3 is 0 Å². The van der Waals surface area contributed by atoms with Crippen LogP contribution < -0.4 is 10.1 Å². The van der Waals surface area contributed by atoms with Gasteiger partial charge in [0, 0.05) is 17.8 Å². The number of methoxy groups -OCH3 is 1. The second-order valence-electron chi connectivity index (χ2n) is 6.09. The Hall–Kier alpha value is -1.18. The summed E-state index contributed by atoms with van der Waals surface area (Å²) in [4.78, 5) is 0. The Morgan fingerprint density at radius 2 is 2.00 bits per heavy atom. The van der Waals surface area contributed by atoms with Crippen LogP contribution in [0.25, 0.3) is 0 Å². The molecule has 0 spiro atoms. The molecule has 2 atom stereocenters. The van der Waals surface area contributed by atoms with Crippen LogP contribution >= 0.6 is 0 Å². The fourth-order valence-electron chi connectivity index (χ4n) is 3.09. The minimum absolute atomic E-state index is 0.621. The SMILES string of the molecule is COc1cccc(NC2CCCC(C(C)C)CC2)c1. The van der Waals surface area contributed by atoms with Gasteiger partial charge in [-0.25, -0.2) is 0 Å². The Kier molecular flexibility index (Phi) is 5.12. The molecule has 1 aliphatic rings. The summed E-state index contributed by atoms with van der Waals surface area (Å²) in [5, 5.41) is 3.68. The van der Waals surface area contributed by atoms with Gasteiger partial charge in [-0.05, 0) is 43.2 Å². The monoisotopic (exact) mass is 261 g/mol. The van der Waals surface area contributed by atoms with E-state index >= 15 is 0 Å². The molecule has 1 aromatic carbocycles. The van der Waals surface area contributed by atoms with Crippen LogP contribution in [0.4, 0.5) is 5.69 Å². The number of anilines is 1. The number of nitrogens with one attached hydrogen (secondary N) is 1. The summed E-state index contributed by atoms with van der Waals surface area (Å²) in [6, 6.07) is 8.89. The molecule has 0 radical (unpaired) electrons. The number of ether oxygens (including phenoxy) is 1. The zero-order valence-corrected chi connectivity index (χ0v) is 12.5. The number of benzene rings is 1. The predicted molar refractivity (Wildman–Crippen MR) is 81.8 cm³/mol. The van der Waals surface area contributed by atoms with E-state index in [4.69, 9.17) is 4.74 Å². The zero-order valence-electron chi connectivity index (χ0n) is 12.5. The van der Waals surface area contributed by atoms with E-state index in [1.54, 1.807) is 7.11 Å². The molecule has 0 aromatic heterocycles. The summed E-state index contributed by atoms with van der Waals surface area (Å²) in [6.07, 6.45) is 6.69. The first-order valence-electron chi connectivity index (χ1n) is 7.59. The summed E-state index contributed by atoms with van der Waals surface area (Å²) in [5.41, 5.74) is 1.19. The summed E-state index contributed by atoms with van der Waals surface area (Å²) in [7, 11) is 1.72. The largest absolute Gasteiger partial charge is 0.497 e. The van der Waals surface area contributed by atoms with Crippen molar-refractivity contribution >= 4 is 5.69 Å². The average molecular weight is 261 g/mol. The van der Waals surface area contributed by atoms with Crippen molar-refractivity contribution in [3.05, 3.63) is 24.3 Å². The highest BCUT2D eigenvalue weighted by Gasteiger charge is 2.20. The van der Waals surface area contributed by atoms with Gasteiger partial charge in [-0.1, -0.05) is 32.8 Å². The van der Waals surface area contributed by atoms with Gasteiger partial charge < -0.3 is 10.1 Å². The maximum Gasteiger partial charge on any atom is 0.120 e. The lowest BCUT2D eigenvalue weighted by molar-refractivity contribution is 0.341. The smallest absolute Gasteiger partial charge is 0.120 e. The fourth-order valence-corrected chi connectivity index (χ4v) is 3.09. The topological polar surface area (TPSA) is 21.3 Å². The van der Waals surface area contributed by atoms with E-state index < -0.39 is 0 Å². The van der Waals surface area contributed by atoms with Gasteiger partial charge in [-0.15, -0.1) is 0 Å². The van der Waals surface area contributed by atoms with Crippen molar-refractivity contribution < 1.29 is 4.74 Å². The van der Waals surface area contributed by atoms with Crippen molar-refractivity contribution in [1.82, 2.24) is 0 Å². The van der Waals surface area contributed by atoms with Crippen LogP contribution in [0.5, 0.6) is 5.75 Å². The van der Waals surface area contributed by atoms with Crippen LogP contribution in [0.3, 0.4) is 0 Å². The highest BCUT2D eigenvalue weighted by atomic mass is 16.5. The summed E-state index contributed by atoms with van der Waals surface area (Å²) < 4.78 is 5.28. The molecule has 2 rings (SSSR count). The van der Waals surface area contributed by atoms with Crippen molar-refractivity contribution in [1.29, 1.82) is 0 Å². The molecule has 2 unspecified atom stereocenters. The first kappa shape index (κ1) is 14.2. The van der Waals surface area contributed by atoms with Gasteiger partial charge in [0.05, 0.1) is 7.11 Å². The maximum absolute atomic E-state index is 5.28. The molecule has 0 saturated heterocycles. The van der Waals surface area contributed by atoms with E-state index in [1.165, 1.54) is 37.8 Å². The van der Waals surface area contributed by atoms with Crippen LogP contribution in [0.2, 0.25) is 0 Å². The van der Waals surface area contributed by atoms with Crippen LogP contribution in [0, 0.1) is 11.8 Å². The fraction of sp³-hybridized carbons (Fsp3) is 0.647. The lowest BCUT2D eigenvalue weighted by atomic mass is 9.89. The molecule has 1 fully saturated rings. The first-order valence-corrected chi connectivity index (χ1v) is 7.59. The number of rotatable bonds is 4. The third-order valence-electron chi connectivity index (χ3n) is 4.40. The maximum atomic E-state index is 5.28. The quantitative estimate of drug-likeness (QED) is 0.792. The van der Waals surface area contributed by atoms with Crippen molar-refractivity contribution in [3.63, 3.8) is 0 Å². The second kappa shape index (κ2) is 6.83. The Labute approximate surface area is 117 Å². The van der Waals surface area contributed by atoms with Gasteiger partial charge in [-0.2, -0.15) is 0 Å². The standard InChI is InChI=1S/C17H27NO/c1-13(2)14-6-4-7-15(11-10-14)18-16-8-5-9-17(12-16)19-3/h5,8-9,12-15,18H,4,6-7,10-11H2,1-3H3. The highest BCUT2D eigenvalue weighted by molar-refractivity contribution is 5.48. The first-order chi connectivity index (χ1) is 9.19. The Morgan fingerprint density at radius 1 is 1.16 bits per heavy atom. The molecule has 1 aliphatic carbocycles. The van der Waals surface area contributed by atoms with Crippen molar-refractivity contribution in [3.8, 4) is 5.75 Å². The number of hydrogen-bond acceptors (Lipinski definition) is 2. The number of hydrogen-bond donors (Lipinski definition) is 1. The lowest BCUT2D eigenvalue weighted by Gasteiger charge is -2.20. The summed E-state index contributed by atoms with van der Waals surface area (Å²) in [6.45, 7) is 4.72. The van der Waals surface area contributed by atoms with Gasteiger partial charge in [0.2, 0.25) is 0 Å². The van der Waals surface area contributed by atoms with E-state index in [0.29, 0.717) is 6.04 Å². The van der Waals surface area contributed by atoms with Crippen LogP contribution in [0.15, 0.2) is 24.3 Å². The second-order valence-corrected chi connectivity index (χ2v) is 6.09. The molecule has 2 nitrogen and oxygen atoms in total. The van der Waals surface area contributed by atoms with Crippen molar-refractivity contribution in [2.24, 2.45) is 11.8 Å². The van der Waals surface area contributed by atoms with Crippen LogP contribution in [-0.4, -0.2) is 13.2 Å². The van der Waals surface area contributed by atoms with Gasteiger partial charge in [-0.3, -0.25) is 0 Å². The lowest BCUT2D eigenvalue weighted by Crippen LogP contribution is -2.18. The van der Waals surface area contributed by atoms with E-state index in [9.17, 15) is 0 Å². The molecular formula is C17H27NO. The minimum atomic E-state index is 0.621. The molecule has 0 aliphatic heterocycles. The highest BCUT2D eigenvalue weighted by Crippen LogP contribution is 2.30. The van der Waals surface area contributed by atoms with Gasteiger partial charge in [0.1, 0.15) is 5.75 Å². The summed E-state index contributed by atoms with van der Waals surface area (Å²) in [5.74, 6) is 2.67. The molecule has 19 heavy (non-hydrogen) atoms. The predicted octanol–water partition coefficient (Wildman–Crippen LogP) is 4.71. The third kappa shape index (κ3) is 4.15. The van der Waals surface area contributed by atoms with Gasteiger partial charge in [0.25, 0.3) is 0 Å². The molecule has 2 heteroatoms. The molecular weight excluding hydrogens is 234 g/mol. The molecule has 1 N–H and O–H groups in total. The van der Waals surface area contributed by atoms with Crippen molar-refractivity contribution in [2.45, 2.75) is 52.0 Å². The van der Waals surface area contributed by atoms with Crippen molar-refractivity contribution in [2.75, 3.05) is 12.4 Å². The normalized spacial score (nSPS) is 24.0. The molecule has 1 saturated carbocycles. The zero-order chi connectivity index (χ0) is 13.7. The van der Waals surface area contributed by atoms with E-state index in [-0.39, 0.29) is 0 Å². The molecule has 0 bridgehead atoms. The molecule has 1 aromatic rings. The molecule has 106 valence electrons. The van der Waals surface area contributed by atoms with E-state index in [1.807, 2.05) is 6.07 Å². The third-order valence-corrected chi connectivity index (χ3v) is 4.40. The summed E-state index contributed by atoms with van der Waals surface area (Å²) >= 11 is 0. The Bertz CT molecular complexity index is 389. The van der Waals surface area contributed by atoms with Crippen LogP contribution in [0.1, 0.15) is 46.0 Å². The molecule has 0 amide bonds. The minimum Gasteiger partial charge on any atom is -0.497 e. The molecule has 0 heterocycles. The van der Waals surface area contributed by atoms with E-state index in [2.05, 4.69) is 37.4 Å². The average Bonchev–Trinajstić information content (AvgIpc) is 2.65. The Morgan fingerprint density at radius 3 is 2.74 bits per heavy atom. The Balaban J connectivity index is 1.92.